The monoisotopic (exact) mass is 666 g/mol. The van der Waals surface area contributed by atoms with Gasteiger partial charge in [-0.05, 0) is 61.6 Å². The molecule has 2 atom stereocenters. The molecule has 3 aromatic rings. The van der Waals surface area contributed by atoms with E-state index in [-0.39, 0.29) is 5.69 Å². The van der Waals surface area contributed by atoms with Crippen molar-refractivity contribution in [1.82, 2.24) is 25.1 Å². The van der Waals surface area contributed by atoms with Crippen LogP contribution < -0.4 is 24.8 Å². The first-order chi connectivity index (χ1) is 22.9. The number of pyridine rings is 2. The summed E-state index contributed by atoms with van der Waals surface area (Å²) in [5, 5.41) is 3.12. The SMILES string of the molecule is CC(c1ccncc1N1CCN(C)CC1)C1(C(C)c2ccncc2N2CCN(C)CC2)NC(=O)N(c2ccc(OC(F)(F)F)cc2)C1=O. The number of aromatic nitrogens is 2. The summed E-state index contributed by atoms with van der Waals surface area (Å²) in [6.45, 7) is 10.5. The van der Waals surface area contributed by atoms with Crippen molar-refractivity contribution in [3.8, 4) is 5.75 Å². The summed E-state index contributed by atoms with van der Waals surface area (Å²) < 4.78 is 42.6. The third-order valence-electron chi connectivity index (χ3n) is 10.1. The Hall–Kier alpha value is -4.43. The minimum Gasteiger partial charge on any atom is -0.406 e. The number of benzene rings is 1. The first-order valence-corrected chi connectivity index (χ1v) is 16.2. The molecule has 3 aliphatic heterocycles. The third-order valence-corrected chi connectivity index (χ3v) is 10.1. The zero-order valence-electron chi connectivity index (χ0n) is 27.6. The van der Waals surface area contributed by atoms with Crippen molar-refractivity contribution in [3.05, 3.63) is 72.3 Å². The first-order valence-electron chi connectivity index (χ1n) is 16.2. The van der Waals surface area contributed by atoms with Crippen LogP contribution in [0, 0.1) is 0 Å². The number of alkyl halides is 3. The average molecular weight is 667 g/mol. The van der Waals surface area contributed by atoms with Crippen molar-refractivity contribution >= 4 is 29.0 Å². The lowest BCUT2D eigenvalue weighted by Gasteiger charge is -2.43. The number of amides is 3. The number of halogens is 3. The fourth-order valence-corrected chi connectivity index (χ4v) is 7.20. The van der Waals surface area contributed by atoms with E-state index < -0.39 is 41.4 Å². The van der Waals surface area contributed by atoms with Gasteiger partial charge in [-0.1, -0.05) is 13.8 Å². The fourth-order valence-electron chi connectivity index (χ4n) is 7.20. The number of piperazine rings is 2. The number of hydrogen-bond donors (Lipinski definition) is 1. The highest BCUT2D eigenvalue weighted by molar-refractivity contribution is 6.24. The molecule has 3 aliphatic rings. The highest BCUT2D eigenvalue weighted by atomic mass is 19.4. The number of rotatable bonds is 8. The van der Waals surface area contributed by atoms with E-state index in [9.17, 15) is 18.0 Å². The summed E-state index contributed by atoms with van der Waals surface area (Å²) in [4.78, 5) is 47.9. The van der Waals surface area contributed by atoms with E-state index in [2.05, 4.69) is 53.7 Å². The number of ether oxygens (including phenoxy) is 1. The second-order valence-corrected chi connectivity index (χ2v) is 12.9. The van der Waals surface area contributed by atoms with Gasteiger partial charge in [0.25, 0.3) is 5.91 Å². The molecule has 1 N–H and O–H groups in total. The average Bonchev–Trinajstić information content (AvgIpc) is 3.34. The van der Waals surface area contributed by atoms with E-state index in [4.69, 9.17) is 0 Å². The maximum Gasteiger partial charge on any atom is 0.573 e. The molecule has 0 spiro atoms. The molecule has 1 aromatic carbocycles. The van der Waals surface area contributed by atoms with Crippen molar-refractivity contribution in [2.75, 3.05) is 81.2 Å². The molecule has 48 heavy (non-hydrogen) atoms. The molecule has 5 heterocycles. The van der Waals surface area contributed by atoms with Crippen LogP contribution in [0.25, 0.3) is 0 Å². The number of anilines is 3. The predicted molar refractivity (Wildman–Crippen MR) is 177 cm³/mol. The Morgan fingerprint density at radius 2 is 1.21 bits per heavy atom. The van der Waals surface area contributed by atoms with E-state index >= 15 is 4.79 Å². The molecule has 0 aliphatic carbocycles. The lowest BCUT2D eigenvalue weighted by Crippen LogP contribution is -2.56. The number of carbonyl (C=O) groups excluding carboxylic acids is 2. The first kappa shape index (κ1) is 33.5. The molecule has 0 saturated carbocycles. The molecule has 14 heteroatoms. The lowest BCUT2D eigenvalue weighted by atomic mass is 9.69. The Bertz CT molecular complexity index is 1550. The molecule has 11 nitrogen and oxygen atoms in total. The minimum atomic E-state index is -4.87. The van der Waals surface area contributed by atoms with Crippen LogP contribution in [0.5, 0.6) is 5.75 Å². The summed E-state index contributed by atoms with van der Waals surface area (Å²) >= 11 is 0. The molecule has 0 radical (unpaired) electrons. The van der Waals surface area contributed by atoms with Crippen LogP contribution in [-0.4, -0.2) is 110 Å². The number of nitrogens with zero attached hydrogens (tertiary/aromatic N) is 7. The highest BCUT2D eigenvalue weighted by Crippen LogP contribution is 2.48. The van der Waals surface area contributed by atoms with Crippen LogP contribution in [0.3, 0.4) is 0 Å². The van der Waals surface area contributed by atoms with Crippen molar-refractivity contribution in [3.63, 3.8) is 0 Å². The second kappa shape index (κ2) is 13.2. The Balaban J connectivity index is 1.44. The molecular weight excluding hydrogens is 625 g/mol. The van der Waals surface area contributed by atoms with Gasteiger partial charge in [0.05, 0.1) is 29.5 Å². The van der Waals surface area contributed by atoms with E-state index in [1.807, 2.05) is 38.4 Å². The van der Waals surface area contributed by atoms with Crippen LogP contribution >= 0.6 is 0 Å². The molecule has 3 saturated heterocycles. The third kappa shape index (κ3) is 6.38. The number of likely N-dealkylation sites (N-methyl/N-ethyl adjacent to an activating group) is 2. The molecule has 3 fully saturated rings. The summed E-state index contributed by atoms with van der Waals surface area (Å²) in [6, 6.07) is 7.92. The highest BCUT2D eigenvalue weighted by Gasteiger charge is 2.59. The number of urea groups is 1. The van der Waals surface area contributed by atoms with Crippen molar-refractivity contribution in [2.24, 2.45) is 0 Å². The molecule has 0 bridgehead atoms. The Labute approximate surface area is 278 Å². The van der Waals surface area contributed by atoms with Crippen LogP contribution in [0.4, 0.5) is 35.0 Å². The normalized spacial score (nSPS) is 22.5. The molecule has 3 amide bonds. The van der Waals surface area contributed by atoms with Crippen LogP contribution in [0.2, 0.25) is 0 Å². The van der Waals surface area contributed by atoms with Gasteiger partial charge in [0.15, 0.2) is 0 Å². The maximum atomic E-state index is 15.0. The molecule has 6 rings (SSSR count). The summed E-state index contributed by atoms with van der Waals surface area (Å²) in [7, 11) is 4.16. The van der Waals surface area contributed by atoms with Crippen LogP contribution in [0.15, 0.2) is 61.2 Å². The van der Waals surface area contributed by atoms with Gasteiger partial charge in [0.2, 0.25) is 0 Å². The van der Waals surface area contributed by atoms with Gasteiger partial charge in [-0.25, -0.2) is 9.69 Å². The van der Waals surface area contributed by atoms with E-state index in [0.717, 1.165) is 91.9 Å². The standard InChI is InChI=1S/C34H41F3N8O3/c1-23(27-9-11-38-21-29(27)43-17-13-41(3)14-18-43)33(24(2)28-10-12-39-22-30(28)44-19-15-42(4)16-20-44)31(46)45(32(47)40-33)25-5-7-26(8-6-25)48-34(35,36)37/h5-12,21-24H,13-20H2,1-4H3,(H,40,47). The number of carbonyl (C=O) groups is 2. The van der Waals surface area contributed by atoms with Crippen LogP contribution in [0.1, 0.15) is 36.8 Å². The maximum absolute atomic E-state index is 15.0. The fraction of sp³-hybridized carbons (Fsp3) is 0.471. The Morgan fingerprint density at radius 1 is 0.750 bits per heavy atom. The largest absolute Gasteiger partial charge is 0.573 e. The zero-order valence-corrected chi connectivity index (χ0v) is 27.6. The summed E-state index contributed by atoms with van der Waals surface area (Å²) in [5.41, 5.74) is 2.17. The molecular formula is C34H41F3N8O3. The van der Waals surface area contributed by atoms with Crippen LogP contribution in [-0.2, 0) is 4.79 Å². The van der Waals surface area contributed by atoms with Gasteiger partial charge in [0.1, 0.15) is 11.3 Å². The van der Waals surface area contributed by atoms with Crippen molar-refractivity contribution < 1.29 is 27.5 Å². The van der Waals surface area contributed by atoms with Gasteiger partial charge in [-0.15, -0.1) is 13.2 Å². The molecule has 2 aromatic heterocycles. The van der Waals surface area contributed by atoms with E-state index in [1.54, 1.807) is 12.4 Å². The number of nitrogens with one attached hydrogen (secondary N) is 1. The second-order valence-electron chi connectivity index (χ2n) is 12.9. The van der Waals surface area contributed by atoms with Gasteiger partial charge < -0.3 is 29.7 Å². The lowest BCUT2D eigenvalue weighted by molar-refractivity contribution is -0.274. The molecule has 256 valence electrons. The smallest absolute Gasteiger partial charge is 0.406 e. The number of imide groups is 1. The van der Waals surface area contributed by atoms with Gasteiger partial charge in [-0.3, -0.25) is 14.8 Å². The van der Waals surface area contributed by atoms with Crippen molar-refractivity contribution in [1.29, 1.82) is 0 Å². The topological polar surface area (TPSA) is 97.4 Å². The summed E-state index contributed by atoms with van der Waals surface area (Å²) in [6.07, 6.45) is 2.15. The van der Waals surface area contributed by atoms with Gasteiger partial charge in [0, 0.05) is 76.6 Å². The van der Waals surface area contributed by atoms with E-state index in [0.29, 0.717) is 0 Å². The summed E-state index contributed by atoms with van der Waals surface area (Å²) in [5.74, 6) is -2.05. The zero-order chi connectivity index (χ0) is 34.2. The Kier molecular flexibility index (Phi) is 9.22. The number of hydrogen-bond acceptors (Lipinski definition) is 9. The van der Waals surface area contributed by atoms with Gasteiger partial charge in [-0.2, -0.15) is 0 Å². The minimum absolute atomic E-state index is 0.135. The quantitative estimate of drug-likeness (QED) is 0.354. The molecule has 2 unspecified atom stereocenters. The predicted octanol–water partition coefficient (Wildman–Crippen LogP) is 4.28. The van der Waals surface area contributed by atoms with Gasteiger partial charge >= 0.3 is 12.4 Å². The Morgan fingerprint density at radius 3 is 1.65 bits per heavy atom. The van der Waals surface area contributed by atoms with Crippen molar-refractivity contribution in [2.45, 2.75) is 37.6 Å². The van der Waals surface area contributed by atoms with E-state index in [1.165, 1.54) is 12.1 Å².